The molecule has 0 radical (unpaired) electrons. The van der Waals surface area contributed by atoms with Gasteiger partial charge in [-0.25, -0.2) is 0 Å². The van der Waals surface area contributed by atoms with Gasteiger partial charge in [-0.05, 0) is 12.1 Å². The van der Waals surface area contributed by atoms with Crippen LogP contribution in [0.4, 0.5) is 5.69 Å². The summed E-state index contributed by atoms with van der Waals surface area (Å²) in [7, 11) is 1.81. The van der Waals surface area contributed by atoms with Crippen molar-refractivity contribution in [3.63, 3.8) is 0 Å². The standard InChI is InChI=1S/C11H13N3O2/c1-12-8-4-5-13-9(6-8)7-14-10(15)2-3-11(14)16/h4-6H,2-3,7H2,1H3,(H,12,13). The Balaban J connectivity index is 2.14. The highest BCUT2D eigenvalue weighted by molar-refractivity contribution is 6.01. The first kappa shape index (κ1) is 10.6. The Kier molecular flexibility index (Phi) is 2.85. The lowest BCUT2D eigenvalue weighted by molar-refractivity contribution is -0.139. The van der Waals surface area contributed by atoms with Gasteiger partial charge >= 0.3 is 0 Å². The normalized spacial score (nSPS) is 15.7. The van der Waals surface area contributed by atoms with Crippen LogP contribution >= 0.6 is 0 Å². The zero-order chi connectivity index (χ0) is 11.5. The number of likely N-dealkylation sites (tertiary alicyclic amines) is 1. The fourth-order valence-electron chi connectivity index (χ4n) is 1.68. The van der Waals surface area contributed by atoms with Crippen LogP contribution in [0.5, 0.6) is 0 Å². The van der Waals surface area contributed by atoms with Crippen molar-refractivity contribution >= 4 is 17.5 Å². The van der Waals surface area contributed by atoms with Crippen molar-refractivity contribution in [1.82, 2.24) is 9.88 Å². The zero-order valence-corrected chi connectivity index (χ0v) is 9.06. The van der Waals surface area contributed by atoms with E-state index < -0.39 is 0 Å². The molecule has 0 unspecified atom stereocenters. The molecule has 2 amide bonds. The number of aromatic nitrogens is 1. The van der Waals surface area contributed by atoms with E-state index in [1.807, 2.05) is 19.2 Å². The van der Waals surface area contributed by atoms with E-state index in [1.165, 1.54) is 4.90 Å². The third kappa shape index (κ3) is 2.03. The van der Waals surface area contributed by atoms with Crippen molar-refractivity contribution in [2.75, 3.05) is 12.4 Å². The molecule has 0 atom stereocenters. The number of hydrogen-bond donors (Lipinski definition) is 1. The van der Waals surface area contributed by atoms with Gasteiger partial charge in [0.05, 0.1) is 12.2 Å². The summed E-state index contributed by atoms with van der Waals surface area (Å²) in [6.07, 6.45) is 2.31. The minimum Gasteiger partial charge on any atom is -0.388 e. The van der Waals surface area contributed by atoms with Crippen LogP contribution in [-0.2, 0) is 16.1 Å². The summed E-state index contributed by atoms with van der Waals surface area (Å²) in [5, 5.41) is 2.99. The quantitative estimate of drug-likeness (QED) is 0.763. The Labute approximate surface area is 93.5 Å². The van der Waals surface area contributed by atoms with Crippen LogP contribution < -0.4 is 5.32 Å². The summed E-state index contributed by atoms with van der Waals surface area (Å²) >= 11 is 0. The number of imide groups is 1. The number of carbonyl (C=O) groups is 2. The molecule has 0 aliphatic carbocycles. The molecule has 1 aromatic heterocycles. The predicted octanol–water partition coefficient (Wildman–Crippen LogP) is 0.772. The van der Waals surface area contributed by atoms with Gasteiger partial charge in [0, 0.05) is 31.8 Å². The second-order valence-corrected chi connectivity index (χ2v) is 3.66. The third-order valence-electron chi connectivity index (χ3n) is 2.58. The molecule has 1 fully saturated rings. The Hall–Kier alpha value is -1.91. The van der Waals surface area contributed by atoms with Gasteiger partial charge in [-0.2, -0.15) is 0 Å². The van der Waals surface area contributed by atoms with E-state index in [1.54, 1.807) is 6.20 Å². The number of anilines is 1. The summed E-state index contributed by atoms with van der Waals surface area (Å²) in [5.41, 5.74) is 1.64. The molecular weight excluding hydrogens is 206 g/mol. The average Bonchev–Trinajstić information content (AvgIpc) is 2.61. The van der Waals surface area contributed by atoms with Crippen LogP contribution in [-0.4, -0.2) is 28.7 Å². The number of nitrogens with zero attached hydrogens (tertiary/aromatic N) is 2. The maximum atomic E-state index is 11.4. The third-order valence-corrected chi connectivity index (χ3v) is 2.58. The van der Waals surface area contributed by atoms with Gasteiger partial charge in [0.2, 0.25) is 11.8 Å². The zero-order valence-electron chi connectivity index (χ0n) is 9.06. The molecule has 0 saturated carbocycles. The van der Waals surface area contributed by atoms with Crippen molar-refractivity contribution in [2.45, 2.75) is 19.4 Å². The van der Waals surface area contributed by atoms with E-state index in [9.17, 15) is 9.59 Å². The summed E-state index contributed by atoms with van der Waals surface area (Å²) < 4.78 is 0. The second-order valence-electron chi connectivity index (χ2n) is 3.66. The van der Waals surface area contributed by atoms with E-state index in [0.717, 1.165) is 11.4 Å². The lowest BCUT2D eigenvalue weighted by Crippen LogP contribution is -2.28. The van der Waals surface area contributed by atoms with Crippen LogP contribution in [0.1, 0.15) is 18.5 Å². The van der Waals surface area contributed by atoms with Gasteiger partial charge in [-0.15, -0.1) is 0 Å². The highest BCUT2D eigenvalue weighted by Crippen LogP contribution is 2.16. The highest BCUT2D eigenvalue weighted by Gasteiger charge is 2.28. The molecule has 2 rings (SSSR count). The van der Waals surface area contributed by atoms with Gasteiger partial charge < -0.3 is 5.32 Å². The molecule has 5 nitrogen and oxygen atoms in total. The molecule has 84 valence electrons. The first-order valence-corrected chi connectivity index (χ1v) is 5.16. The summed E-state index contributed by atoms with van der Waals surface area (Å²) in [6, 6.07) is 3.66. The molecule has 0 aromatic carbocycles. The predicted molar refractivity (Wildman–Crippen MR) is 58.6 cm³/mol. The molecule has 1 saturated heterocycles. The van der Waals surface area contributed by atoms with Crippen LogP contribution in [0, 0.1) is 0 Å². The molecule has 2 heterocycles. The largest absolute Gasteiger partial charge is 0.388 e. The van der Waals surface area contributed by atoms with E-state index in [-0.39, 0.29) is 18.4 Å². The van der Waals surface area contributed by atoms with Crippen LogP contribution in [0.2, 0.25) is 0 Å². The highest BCUT2D eigenvalue weighted by atomic mass is 16.2. The SMILES string of the molecule is CNc1ccnc(CN2C(=O)CCC2=O)c1. The summed E-state index contributed by atoms with van der Waals surface area (Å²) in [5.74, 6) is -0.219. The Morgan fingerprint density at radius 3 is 2.69 bits per heavy atom. The van der Waals surface area contributed by atoms with Crippen molar-refractivity contribution in [1.29, 1.82) is 0 Å². The smallest absolute Gasteiger partial charge is 0.230 e. The molecule has 1 N–H and O–H groups in total. The van der Waals surface area contributed by atoms with Gasteiger partial charge in [0.15, 0.2) is 0 Å². The van der Waals surface area contributed by atoms with Crippen molar-refractivity contribution in [3.05, 3.63) is 24.0 Å². The summed E-state index contributed by atoms with van der Waals surface area (Å²) in [4.78, 5) is 28.2. The summed E-state index contributed by atoms with van der Waals surface area (Å²) in [6.45, 7) is 0.271. The molecule has 5 heteroatoms. The molecule has 16 heavy (non-hydrogen) atoms. The number of carbonyl (C=O) groups excluding carboxylic acids is 2. The lowest BCUT2D eigenvalue weighted by Gasteiger charge is -2.13. The Morgan fingerprint density at radius 1 is 1.38 bits per heavy atom. The molecule has 0 bridgehead atoms. The second kappa shape index (κ2) is 4.30. The van der Waals surface area contributed by atoms with E-state index in [2.05, 4.69) is 10.3 Å². The van der Waals surface area contributed by atoms with Gasteiger partial charge in [0.1, 0.15) is 0 Å². The number of nitrogens with one attached hydrogen (secondary N) is 1. The van der Waals surface area contributed by atoms with Crippen LogP contribution in [0.25, 0.3) is 0 Å². The van der Waals surface area contributed by atoms with Crippen LogP contribution in [0.15, 0.2) is 18.3 Å². The average molecular weight is 219 g/mol. The molecule has 1 aromatic rings. The van der Waals surface area contributed by atoms with Crippen LogP contribution in [0.3, 0.4) is 0 Å². The maximum absolute atomic E-state index is 11.4. The molecular formula is C11H13N3O2. The van der Waals surface area contributed by atoms with Gasteiger partial charge in [-0.3, -0.25) is 19.5 Å². The fraction of sp³-hybridized carbons (Fsp3) is 0.364. The first-order valence-electron chi connectivity index (χ1n) is 5.16. The minimum absolute atomic E-state index is 0.110. The number of hydrogen-bond acceptors (Lipinski definition) is 4. The Morgan fingerprint density at radius 2 is 2.06 bits per heavy atom. The lowest BCUT2D eigenvalue weighted by atomic mass is 10.3. The van der Waals surface area contributed by atoms with Crippen molar-refractivity contribution < 1.29 is 9.59 Å². The van der Waals surface area contributed by atoms with E-state index in [0.29, 0.717) is 12.8 Å². The topological polar surface area (TPSA) is 62.3 Å². The molecule has 0 spiro atoms. The maximum Gasteiger partial charge on any atom is 0.230 e. The van der Waals surface area contributed by atoms with Crippen molar-refractivity contribution in [2.24, 2.45) is 0 Å². The molecule has 1 aliphatic rings. The first-order chi connectivity index (χ1) is 7.70. The number of rotatable bonds is 3. The van der Waals surface area contributed by atoms with Gasteiger partial charge in [0.25, 0.3) is 0 Å². The fourth-order valence-corrected chi connectivity index (χ4v) is 1.68. The number of amides is 2. The minimum atomic E-state index is -0.110. The van der Waals surface area contributed by atoms with Gasteiger partial charge in [-0.1, -0.05) is 0 Å². The van der Waals surface area contributed by atoms with E-state index in [4.69, 9.17) is 0 Å². The Bertz CT molecular complexity index is 415. The van der Waals surface area contributed by atoms with E-state index >= 15 is 0 Å². The monoisotopic (exact) mass is 219 g/mol. The number of pyridine rings is 1. The van der Waals surface area contributed by atoms with Crippen molar-refractivity contribution in [3.8, 4) is 0 Å². The molecule has 1 aliphatic heterocycles.